The van der Waals surface area contributed by atoms with Crippen molar-refractivity contribution in [1.82, 2.24) is 0 Å². The molecule has 1 fully saturated rings. The maximum atomic E-state index is 6.18. The number of hydrogen-bond acceptors (Lipinski definition) is 3. The minimum absolute atomic E-state index is 0.0429. The number of nitrogens with two attached hydrogens (primary N) is 1. The smallest absolute Gasteiger partial charge is 0.141 e. The molecule has 0 saturated heterocycles. The second-order valence-corrected chi connectivity index (χ2v) is 4.93. The normalized spacial score (nSPS) is 17.4. The summed E-state index contributed by atoms with van der Waals surface area (Å²) in [6.45, 7) is 0.631. The first-order valence-corrected chi connectivity index (χ1v) is 6.17. The molecule has 17 heavy (non-hydrogen) atoms. The summed E-state index contributed by atoms with van der Waals surface area (Å²) in [5.74, 6) is 1.45. The van der Waals surface area contributed by atoms with Crippen molar-refractivity contribution >= 4 is 11.6 Å². The van der Waals surface area contributed by atoms with Crippen molar-refractivity contribution in [3.05, 3.63) is 22.7 Å². The molecule has 2 rings (SSSR count). The van der Waals surface area contributed by atoms with E-state index in [9.17, 15) is 0 Å². The van der Waals surface area contributed by atoms with E-state index in [0.717, 1.165) is 24.2 Å². The topological polar surface area (TPSA) is 44.5 Å². The fraction of sp³-hybridized carbons (Fsp3) is 0.538. The van der Waals surface area contributed by atoms with Crippen molar-refractivity contribution in [3.8, 4) is 11.5 Å². The van der Waals surface area contributed by atoms with Crippen molar-refractivity contribution < 1.29 is 9.47 Å². The monoisotopic (exact) mass is 255 g/mol. The van der Waals surface area contributed by atoms with Gasteiger partial charge in [0, 0.05) is 23.6 Å². The van der Waals surface area contributed by atoms with E-state index in [2.05, 4.69) is 0 Å². The van der Waals surface area contributed by atoms with Crippen LogP contribution < -0.4 is 15.2 Å². The Bertz CT molecular complexity index is 411. The maximum Gasteiger partial charge on any atom is 0.141 e. The molecule has 0 aliphatic heterocycles. The highest BCUT2D eigenvalue weighted by Crippen LogP contribution is 2.48. The van der Waals surface area contributed by atoms with Crippen molar-refractivity contribution in [1.29, 1.82) is 0 Å². The molecule has 0 spiro atoms. The largest absolute Gasteiger partial charge is 0.496 e. The lowest BCUT2D eigenvalue weighted by Gasteiger charge is -2.42. The zero-order valence-corrected chi connectivity index (χ0v) is 11.0. The molecule has 0 unspecified atom stereocenters. The van der Waals surface area contributed by atoms with Gasteiger partial charge in [-0.2, -0.15) is 0 Å². The van der Waals surface area contributed by atoms with Crippen molar-refractivity contribution in [2.24, 2.45) is 5.73 Å². The molecule has 94 valence electrons. The zero-order chi connectivity index (χ0) is 12.5. The average molecular weight is 256 g/mol. The van der Waals surface area contributed by atoms with Gasteiger partial charge in [0.25, 0.3) is 0 Å². The summed E-state index contributed by atoms with van der Waals surface area (Å²) in [6, 6.07) is 3.78. The molecule has 1 saturated carbocycles. The van der Waals surface area contributed by atoms with Crippen LogP contribution in [0.2, 0.25) is 5.02 Å². The van der Waals surface area contributed by atoms with Gasteiger partial charge in [0.2, 0.25) is 0 Å². The Morgan fingerprint density at radius 1 is 1.24 bits per heavy atom. The lowest BCUT2D eigenvalue weighted by atomic mass is 9.64. The SMILES string of the molecule is COc1cc(OC)c(C2(CN)CCC2)cc1Cl. The van der Waals surface area contributed by atoms with E-state index in [4.69, 9.17) is 26.8 Å². The summed E-state index contributed by atoms with van der Waals surface area (Å²) in [7, 11) is 3.26. The lowest BCUT2D eigenvalue weighted by Crippen LogP contribution is -2.41. The summed E-state index contributed by atoms with van der Waals surface area (Å²) in [4.78, 5) is 0. The van der Waals surface area contributed by atoms with Crippen LogP contribution in [0, 0.1) is 0 Å². The summed E-state index contributed by atoms with van der Waals surface area (Å²) in [6.07, 6.45) is 3.41. The maximum absolute atomic E-state index is 6.18. The first-order chi connectivity index (χ1) is 8.16. The molecule has 1 aliphatic carbocycles. The quantitative estimate of drug-likeness (QED) is 0.900. The molecule has 0 aromatic heterocycles. The predicted octanol–water partition coefficient (Wildman–Crippen LogP) is 2.74. The van der Waals surface area contributed by atoms with Gasteiger partial charge in [-0.1, -0.05) is 18.0 Å². The second-order valence-electron chi connectivity index (χ2n) is 4.53. The number of hydrogen-bond donors (Lipinski definition) is 1. The number of benzene rings is 1. The van der Waals surface area contributed by atoms with Crippen LogP contribution in [0.15, 0.2) is 12.1 Å². The van der Waals surface area contributed by atoms with E-state index in [0.29, 0.717) is 17.3 Å². The molecule has 1 aromatic rings. The Kier molecular flexibility index (Phi) is 3.50. The third-order valence-corrected chi connectivity index (χ3v) is 4.04. The van der Waals surface area contributed by atoms with Gasteiger partial charge in [0.15, 0.2) is 0 Å². The summed E-state index contributed by atoms with van der Waals surface area (Å²) in [5, 5.41) is 0.614. The van der Waals surface area contributed by atoms with Crippen molar-refractivity contribution in [3.63, 3.8) is 0 Å². The second kappa shape index (κ2) is 4.75. The van der Waals surface area contributed by atoms with Crippen molar-refractivity contribution in [2.45, 2.75) is 24.7 Å². The van der Waals surface area contributed by atoms with Crippen LogP contribution in [0.1, 0.15) is 24.8 Å². The molecule has 0 atom stereocenters. The fourth-order valence-corrected chi connectivity index (χ4v) is 2.70. The molecule has 0 amide bonds. The fourth-order valence-electron chi connectivity index (χ4n) is 2.46. The molecule has 0 bridgehead atoms. The van der Waals surface area contributed by atoms with Crippen LogP contribution in [0.4, 0.5) is 0 Å². The Balaban J connectivity index is 2.49. The van der Waals surface area contributed by atoms with Gasteiger partial charge < -0.3 is 15.2 Å². The van der Waals surface area contributed by atoms with Crippen LogP contribution in [0.3, 0.4) is 0 Å². The van der Waals surface area contributed by atoms with Gasteiger partial charge in [-0.05, 0) is 18.9 Å². The van der Waals surface area contributed by atoms with Crippen LogP contribution >= 0.6 is 11.6 Å². The molecule has 1 aliphatic rings. The number of halogens is 1. The molecule has 2 N–H and O–H groups in total. The molecular formula is C13H18ClNO2. The number of ether oxygens (including phenoxy) is 2. The van der Waals surface area contributed by atoms with E-state index in [1.54, 1.807) is 14.2 Å². The Morgan fingerprint density at radius 3 is 2.29 bits per heavy atom. The molecule has 4 heteroatoms. The molecular weight excluding hydrogens is 238 g/mol. The molecule has 1 aromatic carbocycles. The van der Waals surface area contributed by atoms with E-state index < -0.39 is 0 Å². The average Bonchev–Trinajstić information content (AvgIpc) is 2.29. The lowest BCUT2D eigenvalue weighted by molar-refractivity contribution is 0.243. The van der Waals surface area contributed by atoms with E-state index in [1.807, 2.05) is 12.1 Å². The molecule has 0 heterocycles. The van der Waals surface area contributed by atoms with E-state index in [-0.39, 0.29) is 5.41 Å². The van der Waals surface area contributed by atoms with Gasteiger partial charge in [-0.3, -0.25) is 0 Å². The summed E-state index contributed by atoms with van der Waals surface area (Å²) >= 11 is 6.18. The van der Waals surface area contributed by atoms with Crippen LogP contribution in [0.5, 0.6) is 11.5 Å². The third kappa shape index (κ3) is 1.98. The Hall–Kier alpha value is -0.930. The van der Waals surface area contributed by atoms with E-state index >= 15 is 0 Å². The van der Waals surface area contributed by atoms with E-state index in [1.165, 1.54) is 6.42 Å². The van der Waals surface area contributed by atoms with Crippen LogP contribution in [-0.4, -0.2) is 20.8 Å². The predicted molar refractivity (Wildman–Crippen MR) is 69.1 cm³/mol. The summed E-state index contributed by atoms with van der Waals surface area (Å²) < 4.78 is 10.6. The van der Waals surface area contributed by atoms with Crippen molar-refractivity contribution in [2.75, 3.05) is 20.8 Å². The van der Waals surface area contributed by atoms with Gasteiger partial charge in [0.1, 0.15) is 11.5 Å². The highest BCUT2D eigenvalue weighted by atomic mass is 35.5. The minimum atomic E-state index is 0.0429. The van der Waals surface area contributed by atoms with Crippen LogP contribution in [-0.2, 0) is 5.41 Å². The van der Waals surface area contributed by atoms with Gasteiger partial charge in [-0.15, -0.1) is 0 Å². The first-order valence-electron chi connectivity index (χ1n) is 5.79. The summed E-state index contributed by atoms with van der Waals surface area (Å²) in [5.41, 5.74) is 7.07. The zero-order valence-electron chi connectivity index (χ0n) is 10.3. The molecule has 0 radical (unpaired) electrons. The standard InChI is InChI=1S/C13H18ClNO2/c1-16-11-7-12(17-2)10(14)6-9(11)13(8-15)4-3-5-13/h6-7H,3-5,8,15H2,1-2H3. The minimum Gasteiger partial charge on any atom is -0.496 e. The first kappa shape index (κ1) is 12.5. The van der Waals surface area contributed by atoms with Crippen LogP contribution in [0.25, 0.3) is 0 Å². The third-order valence-electron chi connectivity index (χ3n) is 3.75. The Labute approximate surface area is 107 Å². The highest BCUT2D eigenvalue weighted by molar-refractivity contribution is 6.32. The van der Waals surface area contributed by atoms with Gasteiger partial charge in [0.05, 0.1) is 19.2 Å². The van der Waals surface area contributed by atoms with Gasteiger partial charge in [-0.25, -0.2) is 0 Å². The Morgan fingerprint density at radius 2 is 1.88 bits per heavy atom. The van der Waals surface area contributed by atoms with Gasteiger partial charge >= 0.3 is 0 Å². The molecule has 3 nitrogen and oxygen atoms in total. The number of rotatable bonds is 4. The number of methoxy groups -OCH3 is 2. The highest BCUT2D eigenvalue weighted by Gasteiger charge is 2.40.